The van der Waals surface area contributed by atoms with Crippen LogP contribution in [0, 0.1) is 22.7 Å². The van der Waals surface area contributed by atoms with E-state index in [0.29, 0.717) is 11.1 Å². The molecule has 0 aliphatic rings. The van der Waals surface area contributed by atoms with Gasteiger partial charge < -0.3 is 0 Å². The van der Waals surface area contributed by atoms with Crippen LogP contribution in [0.4, 0.5) is 0 Å². The van der Waals surface area contributed by atoms with Gasteiger partial charge in [-0.2, -0.15) is 41.3 Å². The molecule has 0 fully saturated rings. The van der Waals surface area contributed by atoms with E-state index >= 15 is 0 Å². The molecule has 124 valence electrons. The molecule has 0 aliphatic carbocycles. The third kappa shape index (κ3) is 3.96. The van der Waals surface area contributed by atoms with Gasteiger partial charge in [0.15, 0.2) is 0 Å². The lowest BCUT2D eigenvalue weighted by atomic mass is 10.1. The number of rotatable bonds is 2. The van der Waals surface area contributed by atoms with Gasteiger partial charge in [-0.05, 0) is 24.3 Å². The fourth-order valence-corrected chi connectivity index (χ4v) is 2.18. The molecule has 0 aliphatic heterocycles. The van der Waals surface area contributed by atoms with Crippen LogP contribution in [0.3, 0.4) is 0 Å². The van der Waals surface area contributed by atoms with Crippen molar-refractivity contribution >= 4 is 0 Å². The average Bonchev–Trinajstić information content (AvgIpc) is 3.42. The van der Waals surface area contributed by atoms with Crippen molar-refractivity contribution in [1.29, 1.82) is 10.5 Å². The van der Waals surface area contributed by atoms with E-state index < -0.39 is 0 Å². The second-order valence-corrected chi connectivity index (χ2v) is 5.10. The highest BCUT2D eigenvalue weighted by Gasteiger charge is 2.01. The van der Waals surface area contributed by atoms with Gasteiger partial charge in [-0.25, -0.2) is 0 Å². The third-order valence-corrected chi connectivity index (χ3v) is 3.40. The Balaban J connectivity index is 0.000000151. The van der Waals surface area contributed by atoms with Crippen molar-refractivity contribution in [3.05, 3.63) is 72.1 Å². The summed E-state index contributed by atoms with van der Waals surface area (Å²) < 4.78 is 0. The molecule has 2 heterocycles. The number of aromatic nitrogens is 6. The summed E-state index contributed by atoms with van der Waals surface area (Å²) in [4.78, 5) is 0. The van der Waals surface area contributed by atoms with E-state index in [1.54, 1.807) is 36.7 Å². The molecule has 0 spiro atoms. The van der Waals surface area contributed by atoms with Crippen LogP contribution in [-0.4, -0.2) is 30.8 Å². The molecule has 8 heteroatoms. The zero-order valence-corrected chi connectivity index (χ0v) is 13.5. The fourth-order valence-electron chi connectivity index (χ4n) is 2.18. The van der Waals surface area contributed by atoms with Crippen LogP contribution in [0.2, 0.25) is 0 Å². The fraction of sp³-hybridized carbons (Fsp3) is 0. The van der Waals surface area contributed by atoms with Crippen LogP contribution in [0.5, 0.6) is 0 Å². The first kappa shape index (κ1) is 16.6. The number of hydrogen-bond donors (Lipinski definition) is 2. The Hall–Kier alpha value is -4.30. The molecule has 0 radical (unpaired) electrons. The Bertz CT molecular complexity index is 966. The van der Waals surface area contributed by atoms with Crippen LogP contribution in [-0.2, 0) is 0 Å². The average molecular weight is 340 g/mol. The van der Waals surface area contributed by atoms with Crippen LogP contribution in [0.25, 0.3) is 22.5 Å². The normalized spacial score (nSPS) is 9.46. The molecule has 0 amide bonds. The van der Waals surface area contributed by atoms with Gasteiger partial charge in [0, 0.05) is 11.1 Å². The first-order valence-corrected chi connectivity index (χ1v) is 7.53. The van der Waals surface area contributed by atoms with Gasteiger partial charge in [0.2, 0.25) is 0 Å². The van der Waals surface area contributed by atoms with Crippen molar-refractivity contribution < 1.29 is 0 Å². The van der Waals surface area contributed by atoms with Crippen molar-refractivity contribution in [1.82, 2.24) is 30.8 Å². The number of nitrogens with one attached hydrogen (secondary N) is 2. The van der Waals surface area contributed by atoms with Crippen molar-refractivity contribution in [2.75, 3.05) is 0 Å². The standard InChI is InChI=1S/2C9H6N4/c2*10-5-7-2-1-3-8(4-7)9-6-11-13-12-9/h2*1-4,6H,(H,11,12,13). The number of aromatic amines is 2. The first-order chi connectivity index (χ1) is 12.8. The third-order valence-electron chi connectivity index (χ3n) is 3.40. The molecule has 2 aromatic heterocycles. The summed E-state index contributed by atoms with van der Waals surface area (Å²) in [6, 6.07) is 18.6. The van der Waals surface area contributed by atoms with Gasteiger partial charge in [-0.1, -0.05) is 24.3 Å². The molecule has 2 N–H and O–H groups in total. The van der Waals surface area contributed by atoms with Gasteiger partial charge in [-0.15, -0.1) is 0 Å². The summed E-state index contributed by atoms with van der Waals surface area (Å²) in [6.07, 6.45) is 3.24. The second-order valence-electron chi connectivity index (χ2n) is 5.10. The lowest BCUT2D eigenvalue weighted by Gasteiger charge is -1.94. The summed E-state index contributed by atoms with van der Waals surface area (Å²) in [7, 11) is 0. The molecule has 26 heavy (non-hydrogen) atoms. The van der Waals surface area contributed by atoms with Crippen LogP contribution in [0.15, 0.2) is 60.9 Å². The van der Waals surface area contributed by atoms with Crippen molar-refractivity contribution in [3.8, 4) is 34.7 Å². The summed E-state index contributed by atoms with van der Waals surface area (Å²) >= 11 is 0. The molecule has 8 nitrogen and oxygen atoms in total. The van der Waals surface area contributed by atoms with Crippen LogP contribution >= 0.6 is 0 Å². The largest absolute Gasteiger partial charge is 0.197 e. The highest BCUT2D eigenvalue weighted by Crippen LogP contribution is 2.16. The highest BCUT2D eigenvalue weighted by atomic mass is 15.3. The molecule has 0 bridgehead atoms. The maximum atomic E-state index is 8.67. The van der Waals surface area contributed by atoms with Crippen molar-refractivity contribution in [3.63, 3.8) is 0 Å². The van der Waals surface area contributed by atoms with Crippen molar-refractivity contribution in [2.45, 2.75) is 0 Å². The molecule has 0 unspecified atom stereocenters. The number of H-pyrrole nitrogens is 2. The minimum Gasteiger partial charge on any atom is -0.197 e. The summed E-state index contributed by atoms with van der Waals surface area (Å²) in [5.74, 6) is 0. The monoisotopic (exact) mass is 340 g/mol. The Kier molecular flexibility index (Phi) is 5.09. The second kappa shape index (κ2) is 7.99. The van der Waals surface area contributed by atoms with E-state index in [4.69, 9.17) is 10.5 Å². The minimum atomic E-state index is 0.625. The maximum absolute atomic E-state index is 8.67. The first-order valence-electron chi connectivity index (χ1n) is 7.53. The molecule has 0 saturated heterocycles. The lowest BCUT2D eigenvalue weighted by molar-refractivity contribution is 0.942. The zero-order valence-electron chi connectivity index (χ0n) is 13.5. The SMILES string of the molecule is N#Cc1cccc(-c2cn[nH]n2)c1.N#Cc1cccc(-c2cn[nH]n2)c1. The molecule has 0 atom stereocenters. The summed E-state index contributed by atoms with van der Waals surface area (Å²) in [6.45, 7) is 0. The summed E-state index contributed by atoms with van der Waals surface area (Å²) in [5, 5.41) is 37.6. The van der Waals surface area contributed by atoms with Crippen molar-refractivity contribution in [2.24, 2.45) is 0 Å². The van der Waals surface area contributed by atoms with E-state index in [-0.39, 0.29) is 0 Å². The molecule has 2 aromatic carbocycles. The van der Waals surface area contributed by atoms with Gasteiger partial charge in [0.25, 0.3) is 0 Å². The van der Waals surface area contributed by atoms with E-state index in [0.717, 1.165) is 22.5 Å². The quantitative estimate of drug-likeness (QED) is 0.577. The predicted molar refractivity (Wildman–Crippen MR) is 93.1 cm³/mol. The van der Waals surface area contributed by atoms with Gasteiger partial charge in [0.1, 0.15) is 11.4 Å². The predicted octanol–water partition coefficient (Wildman–Crippen LogP) is 2.69. The summed E-state index contributed by atoms with van der Waals surface area (Å²) in [5.41, 5.74) is 4.54. The number of hydrogen-bond acceptors (Lipinski definition) is 6. The van der Waals surface area contributed by atoms with E-state index in [9.17, 15) is 0 Å². The van der Waals surface area contributed by atoms with E-state index in [2.05, 4.69) is 43.0 Å². The zero-order chi connectivity index (χ0) is 18.2. The molecule has 4 rings (SSSR count). The van der Waals surface area contributed by atoms with Gasteiger partial charge >= 0.3 is 0 Å². The topological polar surface area (TPSA) is 131 Å². The number of nitrogens with zero attached hydrogens (tertiary/aromatic N) is 6. The Morgan fingerprint density at radius 1 is 0.692 bits per heavy atom. The molecular weight excluding hydrogens is 328 g/mol. The van der Waals surface area contributed by atoms with Gasteiger partial charge in [-0.3, -0.25) is 0 Å². The maximum Gasteiger partial charge on any atom is 0.112 e. The molecular formula is C18H12N8. The Labute approximate surface area is 148 Å². The number of benzene rings is 2. The van der Waals surface area contributed by atoms with E-state index in [1.165, 1.54) is 0 Å². The van der Waals surface area contributed by atoms with Gasteiger partial charge in [0.05, 0.1) is 35.7 Å². The lowest BCUT2D eigenvalue weighted by Crippen LogP contribution is -1.79. The highest BCUT2D eigenvalue weighted by molar-refractivity contribution is 5.60. The van der Waals surface area contributed by atoms with E-state index in [1.807, 2.05) is 24.3 Å². The smallest absolute Gasteiger partial charge is 0.112 e. The Morgan fingerprint density at radius 3 is 1.50 bits per heavy atom. The Morgan fingerprint density at radius 2 is 1.15 bits per heavy atom. The van der Waals surface area contributed by atoms with Crippen LogP contribution < -0.4 is 0 Å². The molecule has 0 saturated carbocycles. The van der Waals surface area contributed by atoms with Crippen LogP contribution in [0.1, 0.15) is 11.1 Å². The number of nitriles is 2. The minimum absolute atomic E-state index is 0.625. The molecule has 4 aromatic rings.